The molecule has 88 valence electrons. The van der Waals surface area contributed by atoms with Crippen LogP contribution in [-0.4, -0.2) is 10.7 Å². The second kappa shape index (κ2) is 6.40. The average Bonchev–Trinajstić information content (AvgIpc) is 2.28. The number of nitrogens with one attached hydrogen (secondary N) is 1. The van der Waals surface area contributed by atoms with E-state index < -0.39 is 0 Å². The van der Waals surface area contributed by atoms with E-state index in [-0.39, 0.29) is 16.8 Å². The van der Waals surface area contributed by atoms with Crippen molar-refractivity contribution in [1.29, 1.82) is 0 Å². The highest BCUT2D eigenvalue weighted by atomic mass is 79.9. The first kappa shape index (κ1) is 13.7. The van der Waals surface area contributed by atoms with Crippen LogP contribution in [0.1, 0.15) is 31.9 Å². The van der Waals surface area contributed by atoms with Gasteiger partial charge in [-0.15, -0.1) is 0 Å². The molecule has 0 saturated heterocycles. The number of halogens is 2. The van der Waals surface area contributed by atoms with Crippen molar-refractivity contribution in [3.63, 3.8) is 0 Å². The number of alkyl halides is 1. The second-order valence-electron chi connectivity index (χ2n) is 3.63. The highest BCUT2D eigenvalue weighted by Crippen LogP contribution is 2.23. The summed E-state index contributed by atoms with van der Waals surface area (Å²) < 4.78 is 1.02. The predicted octanol–water partition coefficient (Wildman–Crippen LogP) is 3.80. The van der Waals surface area contributed by atoms with Gasteiger partial charge in [-0.2, -0.15) is 0 Å². The van der Waals surface area contributed by atoms with Crippen LogP contribution in [0.15, 0.2) is 28.7 Å². The van der Waals surface area contributed by atoms with Gasteiger partial charge >= 0.3 is 0 Å². The van der Waals surface area contributed by atoms with Gasteiger partial charge in [-0.25, -0.2) is 0 Å². The molecule has 1 unspecified atom stereocenters. The molecule has 16 heavy (non-hydrogen) atoms. The maximum absolute atomic E-state index is 11.7. The normalized spacial score (nSPS) is 14.2. The highest BCUT2D eigenvalue weighted by Gasteiger charge is 2.16. The maximum atomic E-state index is 11.7. The Balaban J connectivity index is 2.69. The third kappa shape index (κ3) is 3.59. The fourth-order valence-corrected chi connectivity index (χ4v) is 2.15. The summed E-state index contributed by atoms with van der Waals surface area (Å²) in [5.41, 5.74) is 1.09. The molecule has 0 aliphatic heterocycles. The number of benzene rings is 1. The van der Waals surface area contributed by atoms with Crippen LogP contribution in [0.2, 0.25) is 0 Å². The topological polar surface area (TPSA) is 29.1 Å². The Bertz CT molecular complexity index is 368. The standard InChI is InChI=1S/C12H15Br2NO/c1-3-10(13)12(16)15-8(2)9-6-4-5-7-11(9)14/h4-8,10H,3H2,1-2H3,(H,15,16)/t8-,10?/m1/s1. The van der Waals surface area contributed by atoms with E-state index in [0.717, 1.165) is 16.5 Å². The van der Waals surface area contributed by atoms with Crippen LogP contribution < -0.4 is 5.32 Å². The Labute approximate surface area is 113 Å². The van der Waals surface area contributed by atoms with Crippen LogP contribution in [0.5, 0.6) is 0 Å². The largest absolute Gasteiger partial charge is 0.349 e. The summed E-state index contributed by atoms with van der Waals surface area (Å²) in [5.74, 6) is 0.0331. The third-order valence-corrected chi connectivity index (χ3v) is 4.16. The highest BCUT2D eigenvalue weighted by molar-refractivity contribution is 9.10. The molecular formula is C12H15Br2NO. The summed E-state index contributed by atoms with van der Waals surface area (Å²) in [6.45, 7) is 3.95. The van der Waals surface area contributed by atoms with Crippen LogP contribution in [-0.2, 0) is 4.79 Å². The summed E-state index contributed by atoms with van der Waals surface area (Å²) in [6, 6.07) is 7.91. The molecule has 1 amide bonds. The molecule has 1 aromatic carbocycles. The molecule has 1 N–H and O–H groups in total. The minimum atomic E-state index is -0.113. The van der Waals surface area contributed by atoms with Gasteiger partial charge in [-0.05, 0) is 25.0 Å². The molecule has 0 bridgehead atoms. The number of hydrogen-bond donors (Lipinski definition) is 1. The van der Waals surface area contributed by atoms with Crippen LogP contribution in [0, 0.1) is 0 Å². The maximum Gasteiger partial charge on any atom is 0.234 e. The van der Waals surface area contributed by atoms with Crippen LogP contribution >= 0.6 is 31.9 Å². The Morgan fingerprint density at radius 2 is 2.06 bits per heavy atom. The molecule has 1 rings (SSSR count). The van der Waals surface area contributed by atoms with Gasteiger partial charge in [-0.1, -0.05) is 57.0 Å². The van der Waals surface area contributed by atoms with Gasteiger partial charge < -0.3 is 5.32 Å². The van der Waals surface area contributed by atoms with Crippen LogP contribution in [0.3, 0.4) is 0 Å². The molecule has 0 aliphatic rings. The minimum Gasteiger partial charge on any atom is -0.349 e. The van der Waals surface area contributed by atoms with Crippen LogP contribution in [0.25, 0.3) is 0 Å². The fraction of sp³-hybridized carbons (Fsp3) is 0.417. The van der Waals surface area contributed by atoms with Gasteiger partial charge in [0.2, 0.25) is 5.91 Å². The lowest BCUT2D eigenvalue weighted by atomic mass is 10.1. The van der Waals surface area contributed by atoms with Crippen molar-refractivity contribution in [2.45, 2.75) is 31.1 Å². The van der Waals surface area contributed by atoms with Crippen molar-refractivity contribution in [3.8, 4) is 0 Å². The van der Waals surface area contributed by atoms with E-state index in [9.17, 15) is 4.79 Å². The molecule has 0 spiro atoms. The molecule has 1 aromatic rings. The van der Waals surface area contributed by atoms with Gasteiger partial charge in [0.1, 0.15) is 0 Å². The Kier molecular flexibility index (Phi) is 5.49. The van der Waals surface area contributed by atoms with Gasteiger partial charge in [0.25, 0.3) is 0 Å². The lowest BCUT2D eigenvalue weighted by Crippen LogP contribution is -2.32. The van der Waals surface area contributed by atoms with Gasteiger partial charge in [0.15, 0.2) is 0 Å². The summed E-state index contributed by atoms with van der Waals surface area (Å²) in [4.78, 5) is 11.6. The molecule has 0 heterocycles. The van der Waals surface area contributed by atoms with E-state index in [1.807, 2.05) is 38.1 Å². The van der Waals surface area contributed by atoms with Crippen molar-refractivity contribution in [2.24, 2.45) is 0 Å². The molecule has 0 aromatic heterocycles. The molecule has 0 fully saturated rings. The molecule has 2 atom stereocenters. The van der Waals surface area contributed by atoms with E-state index >= 15 is 0 Å². The van der Waals surface area contributed by atoms with Crippen molar-refractivity contribution >= 4 is 37.8 Å². The monoisotopic (exact) mass is 347 g/mol. The quantitative estimate of drug-likeness (QED) is 0.824. The van der Waals surface area contributed by atoms with E-state index in [2.05, 4.69) is 37.2 Å². The van der Waals surface area contributed by atoms with Gasteiger partial charge in [0, 0.05) is 4.47 Å². The fourth-order valence-electron chi connectivity index (χ4n) is 1.39. The lowest BCUT2D eigenvalue weighted by Gasteiger charge is -2.17. The second-order valence-corrected chi connectivity index (χ2v) is 5.59. The summed E-state index contributed by atoms with van der Waals surface area (Å²) in [7, 11) is 0. The van der Waals surface area contributed by atoms with E-state index in [4.69, 9.17) is 0 Å². The van der Waals surface area contributed by atoms with Crippen molar-refractivity contribution < 1.29 is 4.79 Å². The Morgan fingerprint density at radius 3 is 2.62 bits per heavy atom. The number of amides is 1. The molecule has 0 aliphatic carbocycles. The first-order valence-electron chi connectivity index (χ1n) is 5.25. The summed E-state index contributed by atoms with van der Waals surface area (Å²) >= 11 is 6.82. The van der Waals surface area contributed by atoms with E-state index in [1.165, 1.54) is 0 Å². The SMILES string of the molecule is CCC(Br)C(=O)N[C@H](C)c1ccccc1Br. The minimum absolute atomic E-state index is 0.00896. The molecule has 0 saturated carbocycles. The Hall–Kier alpha value is -0.350. The van der Waals surface area contributed by atoms with Crippen molar-refractivity contribution in [3.05, 3.63) is 34.3 Å². The smallest absolute Gasteiger partial charge is 0.234 e. The molecule has 4 heteroatoms. The predicted molar refractivity (Wildman–Crippen MR) is 73.7 cm³/mol. The van der Waals surface area contributed by atoms with Crippen molar-refractivity contribution in [2.75, 3.05) is 0 Å². The number of carbonyl (C=O) groups is 1. The van der Waals surface area contributed by atoms with E-state index in [0.29, 0.717) is 0 Å². The van der Waals surface area contributed by atoms with E-state index in [1.54, 1.807) is 0 Å². The summed E-state index contributed by atoms with van der Waals surface area (Å²) in [6.07, 6.45) is 0.786. The zero-order chi connectivity index (χ0) is 12.1. The average molecular weight is 349 g/mol. The lowest BCUT2D eigenvalue weighted by molar-refractivity contribution is -0.121. The number of carbonyl (C=O) groups excluding carboxylic acids is 1. The van der Waals surface area contributed by atoms with Crippen molar-refractivity contribution in [1.82, 2.24) is 5.32 Å². The third-order valence-electron chi connectivity index (χ3n) is 2.37. The van der Waals surface area contributed by atoms with Gasteiger partial charge in [-0.3, -0.25) is 4.79 Å². The summed E-state index contributed by atoms with van der Waals surface area (Å²) in [5, 5.41) is 2.97. The molecular weight excluding hydrogens is 334 g/mol. The first-order chi connectivity index (χ1) is 7.56. The molecule has 2 nitrogen and oxygen atoms in total. The van der Waals surface area contributed by atoms with Crippen LogP contribution in [0.4, 0.5) is 0 Å². The zero-order valence-electron chi connectivity index (χ0n) is 9.34. The van der Waals surface area contributed by atoms with Gasteiger partial charge in [0.05, 0.1) is 10.9 Å². The zero-order valence-corrected chi connectivity index (χ0v) is 12.5. The number of rotatable bonds is 4. The molecule has 0 radical (unpaired) electrons. The Morgan fingerprint density at radius 1 is 1.44 bits per heavy atom. The number of hydrogen-bond acceptors (Lipinski definition) is 1. The first-order valence-corrected chi connectivity index (χ1v) is 6.96.